The molecule has 0 saturated heterocycles. The monoisotopic (exact) mass is 507 g/mol. The lowest BCUT2D eigenvalue weighted by Gasteiger charge is -2.28. The number of nitrogens with zero attached hydrogens (tertiary/aromatic N) is 3. The maximum atomic E-state index is 12.9. The highest BCUT2D eigenvalue weighted by Crippen LogP contribution is 2.41. The number of methoxy groups -OCH3 is 1. The van der Waals surface area contributed by atoms with Gasteiger partial charge in [0, 0.05) is 58.5 Å². The highest BCUT2D eigenvalue weighted by Gasteiger charge is 2.21. The first kappa shape index (κ1) is 25.4. The number of benzene rings is 2. The Kier molecular flexibility index (Phi) is 6.87. The molecule has 5 rings (SSSR count). The molecule has 0 radical (unpaired) electrons. The Labute approximate surface area is 222 Å². The number of rotatable bonds is 8. The molecule has 3 heterocycles. The van der Waals surface area contributed by atoms with Gasteiger partial charge < -0.3 is 19.9 Å². The summed E-state index contributed by atoms with van der Waals surface area (Å²) in [6, 6.07) is 17.7. The fourth-order valence-electron chi connectivity index (χ4n) is 5.13. The van der Waals surface area contributed by atoms with Gasteiger partial charge in [0.05, 0.1) is 24.5 Å². The Morgan fingerprint density at radius 1 is 1.03 bits per heavy atom. The normalized spacial score (nSPS) is 11.8. The lowest BCUT2D eigenvalue weighted by molar-refractivity contribution is 0.0929. The molecule has 2 N–H and O–H groups in total. The zero-order valence-electron chi connectivity index (χ0n) is 22.5. The van der Waals surface area contributed by atoms with Gasteiger partial charge in [-0.05, 0) is 67.5 Å². The minimum atomic E-state index is -0.0761. The van der Waals surface area contributed by atoms with E-state index in [0.717, 1.165) is 56.5 Å². The molecule has 0 unspecified atom stereocenters. The van der Waals surface area contributed by atoms with Crippen molar-refractivity contribution in [1.82, 2.24) is 25.2 Å². The molecule has 0 aliphatic rings. The molecule has 2 aromatic carbocycles. The maximum absolute atomic E-state index is 12.9. The van der Waals surface area contributed by atoms with Crippen LogP contribution in [0.2, 0.25) is 0 Å². The molecule has 1 amide bonds. The average molecular weight is 508 g/mol. The summed E-state index contributed by atoms with van der Waals surface area (Å²) in [7, 11) is 5.77. The van der Waals surface area contributed by atoms with E-state index in [1.807, 2.05) is 75.0 Å². The van der Waals surface area contributed by atoms with E-state index in [1.54, 1.807) is 13.3 Å². The molecule has 0 atom stereocenters. The first-order valence-electron chi connectivity index (χ1n) is 12.7. The molecule has 0 bridgehead atoms. The predicted molar refractivity (Wildman–Crippen MR) is 153 cm³/mol. The number of H-pyrrole nitrogens is 1. The summed E-state index contributed by atoms with van der Waals surface area (Å²) >= 11 is 0. The van der Waals surface area contributed by atoms with Crippen LogP contribution in [0, 0.1) is 5.41 Å². The highest BCUT2D eigenvalue weighted by molar-refractivity contribution is 6.16. The Morgan fingerprint density at radius 3 is 2.50 bits per heavy atom. The molecule has 194 valence electrons. The maximum Gasteiger partial charge on any atom is 0.251 e. The lowest BCUT2D eigenvalue weighted by atomic mass is 9.92. The number of aromatic amines is 1. The van der Waals surface area contributed by atoms with Gasteiger partial charge >= 0.3 is 0 Å². The summed E-state index contributed by atoms with van der Waals surface area (Å²) in [5.74, 6) is 0.689. The van der Waals surface area contributed by atoms with Crippen LogP contribution in [0.25, 0.3) is 44.2 Å². The number of ether oxygens (including phenoxy) is 1. The number of pyridine rings is 2. The topological polar surface area (TPSA) is 83.1 Å². The number of hydrogen-bond donors (Lipinski definition) is 2. The first-order chi connectivity index (χ1) is 18.3. The number of nitrogens with one attached hydrogen (secondary N) is 2. The summed E-state index contributed by atoms with van der Waals surface area (Å²) in [5, 5.41) is 5.19. The van der Waals surface area contributed by atoms with E-state index in [-0.39, 0.29) is 11.3 Å². The van der Waals surface area contributed by atoms with Crippen LogP contribution in [0.15, 0.2) is 73.2 Å². The summed E-state index contributed by atoms with van der Waals surface area (Å²) < 4.78 is 5.80. The second kappa shape index (κ2) is 10.3. The number of hydrogen-bond acceptors (Lipinski definition) is 5. The molecule has 5 aromatic rings. The van der Waals surface area contributed by atoms with Gasteiger partial charge in [-0.2, -0.15) is 0 Å². The highest BCUT2D eigenvalue weighted by atomic mass is 16.5. The summed E-state index contributed by atoms with van der Waals surface area (Å²) in [4.78, 5) is 27.4. The number of carbonyl (C=O) groups excluding carboxylic acids is 1. The number of carbonyl (C=O) groups is 1. The Hall–Kier alpha value is -4.23. The fourth-order valence-corrected chi connectivity index (χ4v) is 5.13. The minimum Gasteiger partial charge on any atom is -0.496 e. The van der Waals surface area contributed by atoms with Crippen LogP contribution in [0.3, 0.4) is 0 Å². The summed E-state index contributed by atoms with van der Waals surface area (Å²) in [6.07, 6.45) is 5.43. The predicted octanol–water partition coefficient (Wildman–Crippen LogP) is 5.77. The molecule has 0 aliphatic carbocycles. The van der Waals surface area contributed by atoms with Gasteiger partial charge in [0.1, 0.15) is 5.75 Å². The Bertz CT molecular complexity index is 1590. The molecule has 38 heavy (non-hydrogen) atoms. The minimum absolute atomic E-state index is 0.0268. The zero-order chi connectivity index (χ0) is 26.9. The molecule has 0 spiro atoms. The van der Waals surface area contributed by atoms with E-state index < -0.39 is 0 Å². The van der Waals surface area contributed by atoms with E-state index in [1.165, 1.54) is 0 Å². The molecule has 7 heteroatoms. The second-order valence-corrected chi connectivity index (χ2v) is 10.7. The Morgan fingerprint density at radius 2 is 1.82 bits per heavy atom. The molecular formula is C31H33N5O2. The quantitative estimate of drug-likeness (QED) is 0.279. The zero-order valence-corrected chi connectivity index (χ0v) is 22.5. The van der Waals surface area contributed by atoms with Crippen molar-refractivity contribution in [2.24, 2.45) is 5.41 Å². The van der Waals surface area contributed by atoms with Crippen LogP contribution in [0.4, 0.5) is 0 Å². The van der Waals surface area contributed by atoms with Crippen LogP contribution in [0.1, 0.15) is 24.2 Å². The van der Waals surface area contributed by atoms with E-state index in [0.29, 0.717) is 12.1 Å². The third kappa shape index (κ3) is 5.10. The molecule has 0 saturated carbocycles. The first-order valence-corrected chi connectivity index (χ1v) is 12.7. The van der Waals surface area contributed by atoms with Gasteiger partial charge in [0.25, 0.3) is 5.91 Å². The van der Waals surface area contributed by atoms with Crippen molar-refractivity contribution in [2.75, 3.05) is 34.3 Å². The number of aromatic nitrogens is 3. The van der Waals surface area contributed by atoms with E-state index in [9.17, 15) is 4.79 Å². The van der Waals surface area contributed by atoms with Crippen molar-refractivity contribution >= 4 is 27.7 Å². The standard InChI is InChI=1S/C31H33N5O2/c1-31(2,19-36(3)4)18-34-30(37)21-10-8-20(9-11-21)28-27(38-5)13-12-24-29(28)23-15-25(33-17-26(23)35-24)22-7-6-14-32-16-22/h6-17,35H,18-19H2,1-5H3,(H,34,37). The van der Waals surface area contributed by atoms with E-state index in [4.69, 9.17) is 4.74 Å². The molecule has 0 fully saturated rings. The average Bonchev–Trinajstić information content (AvgIpc) is 3.29. The van der Waals surface area contributed by atoms with Gasteiger partial charge in [-0.1, -0.05) is 26.0 Å². The van der Waals surface area contributed by atoms with Crippen molar-refractivity contribution in [1.29, 1.82) is 0 Å². The Balaban J connectivity index is 1.52. The van der Waals surface area contributed by atoms with Gasteiger partial charge in [-0.25, -0.2) is 0 Å². The number of fused-ring (bicyclic) bond motifs is 3. The van der Waals surface area contributed by atoms with Crippen molar-refractivity contribution < 1.29 is 9.53 Å². The van der Waals surface area contributed by atoms with Crippen LogP contribution in [-0.4, -0.2) is 60.1 Å². The van der Waals surface area contributed by atoms with Gasteiger partial charge in [0.15, 0.2) is 0 Å². The molecule has 0 aliphatic heterocycles. The van der Waals surface area contributed by atoms with Crippen molar-refractivity contribution in [2.45, 2.75) is 13.8 Å². The second-order valence-electron chi connectivity index (χ2n) is 10.7. The van der Waals surface area contributed by atoms with Crippen LogP contribution >= 0.6 is 0 Å². The SMILES string of the molecule is COc1ccc2[nH]c3cnc(-c4cccnc4)cc3c2c1-c1ccc(C(=O)NCC(C)(C)CN(C)C)cc1. The van der Waals surface area contributed by atoms with Crippen molar-refractivity contribution in [3.05, 3.63) is 78.8 Å². The fraction of sp³-hybridized carbons (Fsp3) is 0.258. The van der Waals surface area contributed by atoms with Gasteiger partial charge in [-0.15, -0.1) is 0 Å². The third-order valence-electron chi connectivity index (χ3n) is 6.69. The lowest BCUT2D eigenvalue weighted by Crippen LogP contribution is -2.39. The smallest absolute Gasteiger partial charge is 0.251 e. The van der Waals surface area contributed by atoms with E-state index in [2.05, 4.69) is 45.1 Å². The van der Waals surface area contributed by atoms with E-state index >= 15 is 0 Å². The van der Waals surface area contributed by atoms with Gasteiger partial charge in [0.2, 0.25) is 0 Å². The van der Waals surface area contributed by atoms with Crippen LogP contribution in [0.5, 0.6) is 5.75 Å². The largest absolute Gasteiger partial charge is 0.496 e. The van der Waals surface area contributed by atoms with Crippen LogP contribution in [-0.2, 0) is 0 Å². The summed E-state index contributed by atoms with van der Waals surface area (Å²) in [5.41, 5.74) is 6.28. The number of amides is 1. The third-order valence-corrected chi connectivity index (χ3v) is 6.69. The molecular weight excluding hydrogens is 474 g/mol. The van der Waals surface area contributed by atoms with Crippen molar-refractivity contribution in [3.8, 4) is 28.1 Å². The molecule has 3 aromatic heterocycles. The summed E-state index contributed by atoms with van der Waals surface area (Å²) in [6.45, 7) is 5.79. The van der Waals surface area contributed by atoms with Gasteiger partial charge in [-0.3, -0.25) is 14.8 Å². The molecule has 7 nitrogen and oxygen atoms in total. The van der Waals surface area contributed by atoms with Crippen molar-refractivity contribution in [3.63, 3.8) is 0 Å². The van der Waals surface area contributed by atoms with Crippen LogP contribution < -0.4 is 10.1 Å².